The Labute approximate surface area is 157 Å². The highest BCUT2D eigenvalue weighted by Crippen LogP contribution is 2.36. The molecule has 0 radical (unpaired) electrons. The first kappa shape index (κ1) is 17.3. The van der Waals surface area contributed by atoms with Crippen molar-refractivity contribution in [2.24, 2.45) is 7.05 Å². The second kappa shape index (κ2) is 6.54. The van der Waals surface area contributed by atoms with E-state index >= 15 is 0 Å². The van der Waals surface area contributed by atoms with Crippen LogP contribution in [0, 0.1) is 0 Å². The van der Waals surface area contributed by atoms with Gasteiger partial charge >= 0.3 is 0 Å². The van der Waals surface area contributed by atoms with Crippen molar-refractivity contribution in [1.29, 1.82) is 0 Å². The first-order valence-electron chi connectivity index (χ1n) is 8.28. The van der Waals surface area contributed by atoms with Crippen LogP contribution in [0.25, 0.3) is 0 Å². The lowest BCUT2D eigenvalue weighted by molar-refractivity contribution is 0.371. The monoisotopic (exact) mass is 387 g/mol. The van der Waals surface area contributed by atoms with Gasteiger partial charge in [-0.25, -0.2) is 8.42 Å². The molecule has 1 atom stereocenters. The molecule has 0 fully saturated rings. The predicted molar refractivity (Wildman–Crippen MR) is 101 cm³/mol. The molecular formula is C19H18ClN3O2S. The molecule has 0 spiro atoms. The van der Waals surface area contributed by atoms with E-state index in [2.05, 4.69) is 11.2 Å². The summed E-state index contributed by atoms with van der Waals surface area (Å²) < 4.78 is 29.7. The quantitative estimate of drug-likeness (QED) is 0.692. The van der Waals surface area contributed by atoms with Gasteiger partial charge in [-0.2, -0.15) is 9.40 Å². The van der Waals surface area contributed by atoms with Gasteiger partial charge in [0.1, 0.15) is 4.90 Å². The van der Waals surface area contributed by atoms with Crippen LogP contribution in [0.4, 0.5) is 0 Å². The Hall–Kier alpha value is -2.15. The topological polar surface area (TPSA) is 55.2 Å². The van der Waals surface area contributed by atoms with Gasteiger partial charge in [-0.15, -0.1) is 0 Å². The highest BCUT2D eigenvalue weighted by molar-refractivity contribution is 7.89. The minimum atomic E-state index is -3.70. The minimum Gasteiger partial charge on any atom is -0.276 e. The predicted octanol–water partition coefficient (Wildman–Crippen LogP) is 3.41. The van der Waals surface area contributed by atoms with Gasteiger partial charge in [0.05, 0.1) is 11.2 Å². The fourth-order valence-electron chi connectivity index (χ4n) is 3.46. The Morgan fingerprint density at radius 2 is 1.85 bits per heavy atom. The Bertz CT molecular complexity index is 1060. The smallest absolute Gasteiger partial charge is 0.244 e. The number of hydrogen-bond donors (Lipinski definition) is 0. The molecule has 5 nitrogen and oxygen atoms in total. The van der Waals surface area contributed by atoms with E-state index in [4.69, 9.17) is 11.6 Å². The maximum absolute atomic E-state index is 13.2. The summed E-state index contributed by atoms with van der Waals surface area (Å²) in [5.41, 5.74) is 3.15. The number of benzene rings is 2. The lowest BCUT2D eigenvalue weighted by Gasteiger charge is -2.33. The summed E-state index contributed by atoms with van der Waals surface area (Å²) in [4.78, 5) is 0.144. The lowest BCUT2D eigenvalue weighted by atomic mass is 9.87. The van der Waals surface area contributed by atoms with Crippen LogP contribution < -0.4 is 0 Å². The van der Waals surface area contributed by atoms with Gasteiger partial charge in [0.15, 0.2) is 0 Å². The molecular weight excluding hydrogens is 370 g/mol. The fraction of sp³-hybridized carbons (Fsp3) is 0.211. The number of rotatable bonds is 3. The van der Waals surface area contributed by atoms with Gasteiger partial charge in [-0.3, -0.25) is 4.68 Å². The molecule has 1 aliphatic heterocycles. The second-order valence-corrected chi connectivity index (χ2v) is 8.74. The third kappa shape index (κ3) is 2.94. The molecule has 1 aliphatic rings. The zero-order valence-corrected chi connectivity index (χ0v) is 15.8. The standard InChI is InChI=1S/C19H18ClN3O2S/c1-22-11-15(10-21-22)17-13-23(12-14-6-2-3-7-16(14)17)26(24,25)19-9-5-4-8-18(19)20/h2-11,17H,12-13H2,1H3/t17-/m0/s1. The van der Waals surface area contributed by atoms with Crippen LogP contribution in [0.5, 0.6) is 0 Å². The molecule has 1 aromatic heterocycles. The third-order valence-electron chi connectivity index (χ3n) is 4.75. The van der Waals surface area contributed by atoms with Gasteiger partial charge in [0.2, 0.25) is 10.0 Å². The number of nitrogens with zero attached hydrogens (tertiary/aromatic N) is 3. The third-order valence-corrected chi connectivity index (χ3v) is 7.06. The number of hydrogen-bond acceptors (Lipinski definition) is 3. The van der Waals surface area contributed by atoms with Crippen LogP contribution in [0.1, 0.15) is 22.6 Å². The Morgan fingerprint density at radius 3 is 2.58 bits per heavy atom. The number of aromatic nitrogens is 2. The van der Waals surface area contributed by atoms with Gasteiger partial charge in [-0.1, -0.05) is 48.0 Å². The minimum absolute atomic E-state index is 0.0640. The van der Waals surface area contributed by atoms with Crippen molar-refractivity contribution in [3.05, 3.63) is 82.6 Å². The largest absolute Gasteiger partial charge is 0.276 e. The van der Waals surface area contributed by atoms with E-state index in [1.165, 1.54) is 4.31 Å². The Balaban J connectivity index is 1.79. The van der Waals surface area contributed by atoms with Crippen LogP contribution in [-0.2, 0) is 23.6 Å². The summed E-state index contributed by atoms with van der Waals surface area (Å²) in [6.07, 6.45) is 3.74. The van der Waals surface area contributed by atoms with E-state index in [1.54, 1.807) is 35.1 Å². The molecule has 4 rings (SSSR count). The summed E-state index contributed by atoms with van der Waals surface area (Å²) in [6.45, 7) is 0.691. The van der Waals surface area contributed by atoms with Crippen molar-refractivity contribution < 1.29 is 8.42 Å². The molecule has 0 unspecified atom stereocenters. The highest BCUT2D eigenvalue weighted by Gasteiger charge is 2.35. The molecule has 3 aromatic rings. The highest BCUT2D eigenvalue weighted by atomic mass is 35.5. The summed E-state index contributed by atoms with van der Waals surface area (Å²) in [5, 5.41) is 4.49. The zero-order valence-electron chi connectivity index (χ0n) is 14.2. The van der Waals surface area contributed by atoms with Crippen LogP contribution >= 0.6 is 11.6 Å². The first-order chi connectivity index (χ1) is 12.5. The summed E-state index contributed by atoms with van der Waals surface area (Å²) in [5.74, 6) is -0.0640. The molecule has 26 heavy (non-hydrogen) atoms. The van der Waals surface area contributed by atoms with E-state index in [1.807, 2.05) is 31.4 Å². The Kier molecular flexibility index (Phi) is 4.34. The van der Waals surface area contributed by atoms with E-state index < -0.39 is 10.0 Å². The Morgan fingerprint density at radius 1 is 1.12 bits per heavy atom. The molecule has 0 bridgehead atoms. The van der Waals surface area contributed by atoms with E-state index in [-0.39, 0.29) is 15.8 Å². The number of fused-ring (bicyclic) bond motifs is 1. The summed E-state index contributed by atoms with van der Waals surface area (Å²) >= 11 is 6.17. The molecule has 2 heterocycles. The van der Waals surface area contributed by atoms with Crippen molar-refractivity contribution in [1.82, 2.24) is 14.1 Å². The normalized spacial score (nSPS) is 17.8. The first-order valence-corrected chi connectivity index (χ1v) is 10.1. The summed E-state index contributed by atoms with van der Waals surface area (Å²) in [7, 11) is -1.84. The molecule has 0 N–H and O–H groups in total. The van der Waals surface area contributed by atoms with E-state index in [9.17, 15) is 8.42 Å². The lowest BCUT2D eigenvalue weighted by Crippen LogP contribution is -2.38. The fourth-order valence-corrected chi connectivity index (χ4v) is 5.38. The van der Waals surface area contributed by atoms with Crippen molar-refractivity contribution >= 4 is 21.6 Å². The SMILES string of the molecule is Cn1cc([C@@H]2CN(S(=O)(=O)c3ccccc3Cl)Cc3ccccc32)cn1. The van der Waals surface area contributed by atoms with E-state index in [0.717, 1.165) is 16.7 Å². The van der Waals surface area contributed by atoms with Crippen LogP contribution in [-0.4, -0.2) is 29.0 Å². The van der Waals surface area contributed by atoms with Crippen molar-refractivity contribution in [2.45, 2.75) is 17.4 Å². The molecule has 7 heteroatoms. The maximum Gasteiger partial charge on any atom is 0.244 e. The molecule has 0 amide bonds. The van der Waals surface area contributed by atoms with Crippen LogP contribution in [0.2, 0.25) is 5.02 Å². The van der Waals surface area contributed by atoms with Crippen LogP contribution in [0.3, 0.4) is 0 Å². The van der Waals surface area contributed by atoms with Crippen LogP contribution in [0.15, 0.2) is 65.8 Å². The molecule has 0 saturated carbocycles. The second-order valence-electron chi connectivity index (χ2n) is 6.43. The number of halogens is 1. The average Bonchev–Trinajstić information content (AvgIpc) is 3.07. The average molecular weight is 388 g/mol. The van der Waals surface area contributed by atoms with Gasteiger partial charge < -0.3 is 0 Å². The number of sulfonamides is 1. The van der Waals surface area contributed by atoms with Gasteiger partial charge in [0, 0.05) is 32.3 Å². The zero-order chi connectivity index (χ0) is 18.3. The maximum atomic E-state index is 13.2. The van der Waals surface area contributed by atoms with E-state index in [0.29, 0.717) is 13.1 Å². The van der Waals surface area contributed by atoms with Gasteiger partial charge in [0.25, 0.3) is 0 Å². The number of aryl methyl sites for hydroxylation is 1. The summed E-state index contributed by atoms with van der Waals surface area (Å²) in [6, 6.07) is 14.5. The molecule has 0 saturated heterocycles. The van der Waals surface area contributed by atoms with Crippen molar-refractivity contribution in [3.63, 3.8) is 0 Å². The van der Waals surface area contributed by atoms with Crippen molar-refractivity contribution in [2.75, 3.05) is 6.54 Å². The molecule has 0 aliphatic carbocycles. The van der Waals surface area contributed by atoms with Crippen molar-refractivity contribution in [3.8, 4) is 0 Å². The van der Waals surface area contributed by atoms with Gasteiger partial charge in [-0.05, 0) is 28.8 Å². The molecule has 134 valence electrons. The molecule has 2 aromatic carbocycles.